The molecule has 0 bridgehead atoms. The van der Waals surface area contributed by atoms with Gasteiger partial charge in [-0.1, -0.05) is 30.3 Å². The number of phenolic OH excluding ortho intramolecular Hbond substituents is 1. The van der Waals surface area contributed by atoms with E-state index in [-0.39, 0.29) is 24.3 Å². The summed E-state index contributed by atoms with van der Waals surface area (Å²) in [5.74, 6) is -0.922. The Hall–Kier alpha value is -3.33. The first-order valence-corrected chi connectivity index (χ1v) is 6.92. The second-order valence-electron chi connectivity index (χ2n) is 4.74. The SMILES string of the molecule is N#CCC(=O)Nc1ccccc1CNC(=O)c1ccccc1O. The highest BCUT2D eigenvalue weighted by Gasteiger charge is 2.11. The van der Waals surface area contributed by atoms with Crippen molar-refractivity contribution in [2.75, 3.05) is 5.32 Å². The van der Waals surface area contributed by atoms with Crippen molar-refractivity contribution >= 4 is 17.5 Å². The van der Waals surface area contributed by atoms with E-state index >= 15 is 0 Å². The molecule has 0 heterocycles. The van der Waals surface area contributed by atoms with Gasteiger partial charge in [-0.25, -0.2) is 0 Å². The third-order valence-electron chi connectivity index (χ3n) is 3.12. The first kappa shape index (κ1) is 16.0. The molecule has 0 aliphatic rings. The maximum Gasteiger partial charge on any atom is 0.255 e. The van der Waals surface area contributed by atoms with Gasteiger partial charge in [-0.3, -0.25) is 9.59 Å². The second kappa shape index (κ2) is 7.61. The van der Waals surface area contributed by atoms with E-state index in [9.17, 15) is 14.7 Å². The van der Waals surface area contributed by atoms with Crippen molar-refractivity contribution in [2.45, 2.75) is 13.0 Å². The van der Waals surface area contributed by atoms with Crippen LogP contribution in [0.2, 0.25) is 0 Å². The van der Waals surface area contributed by atoms with Gasteiger partial charge in [0.2, 0.25) is 5.91 Å². The maximum absolute atomic E-state index is 12.1. The van der Waals surface area contributed by atoms with Crippen LogP contribution in [0.3, 0.4) is 0 Å². The van der Waals surface area contributed by atoms with Crippen molar-refractivity contribution in [1.82, 2.24) is 5.32 Å². The number of phenols is 1. The van der Waals surface area contributed by atoms with Crippen LogP contribution < -0.4 is 10.6 Å². The minimum atomic E-state index is -0.416. The summed E-state index contributed by atoms with van der Waals surface area (Å²) in [5, 5.41) is 23.5. The molecule has 6 heteroatoms. The first-order valence-electron chi connectivity index (χ1n) is 6.92. The Morgan fingerprint density at radius 1 is 1.09 bits per heavy atom. The van der Waals surface area contributed by atoms with E-state index in [4.69, 9.17) is 5.26 Å². The molecule has 0 aliphatic heterocycles. The summed E-state index contributed by atoms with van der Waals surface area (Å²) in [6.07, 6.45) is -0.238. The number of nitriles is 1. The van der Waals surface area contributed by atoms with Crippen molar-refractivity contribution < 1.29 is 14.7 Å². The highest BCUT2D eigenvalue weighted by atomic mass is 16.3. The summed E-state index contributed by atoms with van der Waals surface area (Å²) in [6, 6.07) is 15.0. The van der Waals surface area contributed by atoms with Crippen molar-refractivity contribution in [2.24, 2.45) is 0 Å². The van der Waals surface area contributed by atoms with Gasteiger partial charge in [-0.2, -0.15) is 5.26 Å². The number of para-hydroxylation sites is 2. The molecule has 3 N–H and O–H groups in total. The van der Waals surface area contributed by atoms with Gasteiger partial charge in [-0.15, -0.1) is 0 Å². The van der Waals surface area contributed by atoms with E-state index in [1.54, 1.807) is 42.5 Å². The molecule has 2 rings (SSSR count). The van der Waals surface area contributed by atoms with E-state index in [0.717, 1.165) is 0 Å². The number of aromatic hydroxyl groups is 1. The van der Waals surface area contributed by atoms with Gasteiger partial charge >= 0.3 is 0 Å². The Kier molecular flexibility index (Phi) is 5.31. The molecular weight excluding hydrogens is 294 g/mol. The van der Waals surface area contributed by atoms with Crippen LogP contribution in [-0.4, -0.2) is 16.9 Å². The molecule has 6 nitrogen and oxygen atoms in total. The first-order chi connectivity index (χ1) is 11.1. The standard InChI is InChI=1S/C17H15N3O3/c18-10-9-16(22)20-14-7-3-1-5-12(14)11-19-17(23)13-6-2-4-8-15(13)21/h1-8,21H,9,11H2,(H,19,23)(H,20,22). The molecule has 0 unspecified atom stereocenters. The Morgan fingerprint density at radius 3 is 2.52 bits per heavy atom. The van der Waals surface area contributed by atoms with Gasteiger partial charge in [0.15, 0.2) is 0 Å². The highest BCUT2D eigenvalue weighted by molar-refractivity contribution is 5.97. The summed E-state index contributed by atoms with van der Waals surface area (Å²) in [7, 11) is 0. The summed E-state index contributed by atoms with van der Waals surface area (Å²) in [5.41, 5.74) is 1.41. The van der Waals surface area contributed by atoms with Crippen LogP contribution in [0.5, 0.6) is 5.75 Å². The van der Waals surface area contributed by atoms with Crippen molar-refractivity contribution in [1.29, 1.82) is 5.26 Å². The highest BCUT2D eigenvalue weighted by Crippen LogP contribution is 2.17. The number of rotatable bonds is 5. The van der Waals surface area contributed by atoms with E-state index in [0.29, 0.717) is 11.3 Å². The Bertz CT molecular complexity index is 766. The zero-order chi connectivity index (χ0) is 16.7. The lowest BCUT2D eigenvalue weighted by molar-refractivity contribution is -0.115. The fourth-order valence-electron chi connectivity index (χ4n) is 2.00. The monoisotopic (exact) mass is 309 g/mol. The number of carbonyl (C=O) groups excluding carboxylic acids is 2. The number of nitrogens with zero attached hydrogens (tertiary/aromatic N) is 1. The van der Waals surface area contributed by atoms with Crippen LogP contribution in [0.4, 0.5) is 5.69 Å². The smallest absolute Gasteiger partial charge is 0.255 e. The minimum Gasteiger partial charge on any atom is -0.507 e. The van der Waals surface area contributed by atoms with Crippen LogP contribution in [0, 0.1) is 11.3 Å². The Balaban J connectivity index is 2.06. The zero-order valence-electron chi connectivity index (χ0n) is 12.2. The molecule has 2 aromatic carbocycles. The topological polar surface area (TPSA) is 102 Å². The molecule has 116 valence electrons. The molecule has 23 heavy (non-hydrogen) atoms. The minimum absolute atomic E-state index is 0.0967. The summed E-state index contributed by atoms with van der Waals surface area (Å²) < 4.78 is 0. The van der Waals surface area contributed by atoms with E-state index in [2.05, 4.69) is 10.6 Å². The van der Waals surface area contributed by atoms with E-state index in [1.807, 2.05) is 0 Å². The Morgan fingerprint density at radius 2 is 1.78 bits per heavy atom. The molecule has 0 saturated carbocycles. The summed E-state index contributed by atoms with van der Waals surface area (Å²) in [4.78, 5) is 23.6. The van der Waals surface area contributed by atoms with Crippen LogP contribution in [0.25, 0.3) is 0 Å². The largest absolute Gasteiger partial charge is 0.507 e. The number of amides is 2. The van der Waals surface area contributed by atoms with Gasteiger partial charge in [-0.05, 0) is 23.8 Å². The number of hydrogen-bond acceptors (Lipinski definition) is 4. The Labute approximate surface area is 133 Å². The van der Waals surface area contributed by atoms with Crippen LogP contribution in [0.1, 0.15) is 22.3 Å². The normalized spacial score (nSPS) is 9.70. The van der Waals surface area contributed by atoms with Gasteiger partial charge in [0.1, 0.15) is 12.2 Å². The lowest BCUT2D eigenvalue weighted by Crippen LogP contribution is -2.24. The molecule has 0 atom stereocenters. The molecule has 0 spiro atoms. The van der Waals surface area contributed by atoms with Gasteiger partial charge in [0, 0.05) is 12.2 Å². The van der Waals surface area contributed by atoms with Crippen molar-refractivity contribution in [3.8, 4) is 11.8 Å². The zero-order valence-corrected chi connectivity index (χ0v) is 12.2. The third kappa shape index (κ3) is 4.32. The van der Waals surface area contributed by atoms with E-state index in [1.165, 1.54) is 12.1 Å². The number of hydrogen-bond donors (Lipinski definition) is 3. The van der Waals surface area contributed by atoms with Crippen molar-refractivity contribution in [3.63, 3.8) is 0 Å². The summed E-state index contributed by atoms with van der Waals surface area (Å²) >= 11 is 0. The molecule has 0 radical (unpaired) electrons. The van der Waals surface area contributed by atoms with Crippen LogP contribution >= 0.6 is 0 Å². The fraction of sp³-hybridized carbons (Fsp3) is 0.118. The quantitative estimate of drug-likeness (QED) is 0.787. The van der Waals surface area contributed by atoms with Gasteiger partial charge < -0.3 is 15.7 Å². The summed E-state index contributed by atoms with van der Waals surface area (Å²) in [6.45, 7) is 0.177. The number of nitrogens with one attached hydrogen (secondary N) is 2. The number of anilines is 1. The lowest BCUT2D eigenvalue weighted by Gasteiger charge is -2.11. The van der Waals surface area contributed by atoms with Gasteiger partial charge in [0.05, 0.1) is 11.6 Å². The molecule has 0 saturated heterocycles. The van der Waals surface area contributed by atoms with Crippen LogP contribution in [0.15, 0.2) is 48.5 Å². The third-order valence-corrected chi connectivity index (χ3v) is 3.12. The molecular formula is C17H15N3O3. The molecule has 2 amide bonds. The van der Waals surface area contributed by atoms with E-state index < -0.39 is 11.8 Å². The lowest BCUT2D eigenvalue weighted by atomic mass is 10.1. The predicted molar refractivity (Wildman–Crippen MR) is 84.6 cm³/mol. The molecule has 0 aliphatic carbocycles. The molecule has 0 fully saturated rings. The van der Waals surface area contributed by atoms with Crippen molar-refractivity contribution in [3.05, 3.63) is 59.7 Å². The maximum atomic E-state index is 12.1. The average Bonchev–Trinajstić information content (AvgIpc) is 2.54. The van der Waals surface area contributed by atoms with Crippen LogP contribution in [-0.2, 0) is 11.3 Å². The number of benzene rings is 2. The molecule has 0 aromatic heterocycles. The number of carbonyl (C=O) groups is 2. The van der Waals surface area contributed by atoms with Gasteiger partial charge in [0.25, 0.3) is 5.91 Å². The fourth-order valence-corrected chi connectivity index (χ4v) is 2.00. The molecule has 2 aromatic rings. The average molecular weight is 309 g/mol. The predicted octanol–water partition coefficient (Wildman–Crippen LogP) is 2.17. The second-order valence-corrected chi connectivity index (χ2v) is 4.74.